The van der Waals surface area contributed by atoms with Crippen LogP contribution in [0.1, 0.15) is 72.6 Å². The van der Waals surface area contributed by atoms with Gasteiger partial charge in [0.2, 0.25) is 0 Å². The zero-order valence-electron chi connectivity index (χ0n) is 22.1. The van der Waals surface area contributed by atoms with E-state index in [9.17, 15) is 9.59 Å². The van der Waals surface area contributed by atoms with Gasteiger partial charge in [-0.1, -0.05) is 38.3 Å². The second-order valence-corrected chi connectivity index (χ2v) is 12.6. The summed E-state index contributed by atoms with van der Waals surface area (Å²) in [5.74, 6) is 1.47. The Morgan fingerprint density at radius 2 is 1.83 bits per heavy atom. The molecule has 5 aliphatic rings. The van der Waals surface area contributed by atoms with Crippen molar-refractivity contribution < 1.29 is 28.5 Å². The van der Waals surface area contributed by atoms with Gasteiger partial charge < -0.3 is 23.7 Å². The summed E-state index contributed by atoms with van der Waals surface area (Å²) in [5.41, 5.74) is 2.41. The molecular weight excluding hydrogens is 444 g/mol. The Labute approximate surface area is 210 Å². The monoisotopic (exact) mass is 488 g/mol. The number of fused-ring (bicyclic) bond motifs is 3. The van der Waals surface area contributed by atoms with Gasteiger partial charge in [0.25, 0.3) is 0 Å². The van der Waals surface area contributed by atoms with E-state index in [2.05, 4.69) is 27.7 Å². The molecule has 2 saturated carbocycles. The van der Waals surface area contributed by atoms with Gasteiger partial charge in [0, 0.05) is 5.92 Å². The molecule has 196 valence electrons. The van der Waals surface area contributed by atoms with Crippen LogP contribution >= 0.6 is 0 Å². The third-order valence-electron chi connectivity index (χ3n) is 10.1. The second kappa shape index (κ2) is 9.90. The van der Waals surface area contributed by atoms with Gasteiger partial charge in [-0.05, 0) is 74.5 Å². The molecule has 0 bridgehead atoms. The molecule has 8 unspecified atom stereocenters. The van der Waals surface area contributed by atoms with Crippen LogP contribution in [0, 0.1) is 40.4 Å². The normalized spacial score (nSPS) is 42.3. The van der Waals surface area contributed by atoms with Gasteiger partial charge in [0.15, 0.2) is 0 Å². The number of hydrogen-bond donors (Lipinski definition) is 0. The number of rotatable bonds is 10. The molecule has 2 saturated heterocycles. The largest absolute Gasteiger partial charge is 0.462 e. The summed E-state index contributed by atoms with van der Waals surface area (Å²) in [4.78, 5) is 25.8. The van der Waals surface area contributed by atoms with Crippen LogP contribution in [-0.4, -0.2) is 57.5 Å². The fourth-order valence-corrected chi connectivity index (χ4v) is 8.28. The molecule has 8 atom stereocenters. The number of aldehydes is 1. The number of carbonyl (C=O) groups is 2. The molecule has 0 radical (unpaired) electrons. The summed E-state index contributed by atoms with van der Waals surface area (Å²) in [5, 5.41) is 0. The first kappa shape index (κ1) is 25.4. The van der Waals surface area contributed by atoms with E-state index in [1.807, 2.05) is 0 Å². The van der Waals surface area contributed by atoms with Crippen molar-refractivity contribution in [3.63, 3.8) is 0 Å². The molecule has 0 amide bonds. The second-order valence-electron chi connectivity index (χ2n) is 12.6. The summed E-state index contributed by atoms with van der Waals surface area (Å²) in [6, 6.07) is 0. The van der Waals surface area contributed by atoms with Crippen molar-refractivity contribution in [2.45, 2.75) is 84.8 Å². The summed E-state index contributed by atoms with van der Waals surface area (Å²) >= 11 is 0. The maximum atomic E-state index is 13.4. The zero-order valence-corrected chi connectivity index (χ0v) is 22.1. The molecule has 3 aliphatic carbocycles. The summed E-state index contributed by atoms with van der Waals surface area (Å²) in [7, 11) is 0. The highest BCUT2D eigenvalue weighted by Gasteiger charge is 2.60. The average Bonchev–Trinajstić information content (AvgIpc) is 3.74. The van der Waals surface area contributed by atoms with Crippen LogP contribution in [0.4, 0.5) is 0 Å². The van der Waals surface area contributed by atoms with Gasteiger partial charge in [-0.15, -0.1) is 0 Å². The molecule has 0 aromatic carbocycles. The van der Waals surface area contributed by atoms with Crippen LogP contribution in [0.15, 0.2) is 11.1 Å². The first-order valence-corrected chi connectivity index (χ1v) is 13.9. The maximum absolute atomic E-state index is 13.4. The fraction of sp³-hybridized carbons (Fsp3) is 0.862. The molecule has 6 nitrogen and oxygen atoms in total. The molecule has 2 heterocycles. The van der Waals surface area contributed by atoms with Crippen LogP contribution in [-0.2, 0) is 28.5 Å². The lowest BCUT2D eigenvalue weighted by Gasteiger charge is -2.61. The molecule has 0 spiro atoms. The molecule has 5 rings (SSSR count). The molecule has 2 aliphatic heterocycles. The third kappa shape index (κ3) is 4.87. The molecule has 0 aromatic heterocycles. The van der Waals surface area contributed by atoms with Gasteiger partial charge in [0.05, 0.1) is 31.8 Å². The number of esters is 1. The molecule has 35 heavy (non-hydrogen) atoms. The Morgan fingerprint density at radius 1 is 1.11 bits per heavy atom. The molecule has 6 heteroatoms. The quantitative estimate of drug-likeness (QED) is 0.145. The predicted molar refractivity (Wildman–Crippen MR) is 132 cm³/mol. The fourth-order valence-electron chi connectivity index (χ4n) is 8.28. The maximum Gasteiger partial charge on any atom is 0.312 e. The Hall–Kier alpha value is -1.24. The van der Waals surface area contributed by atoms with E-state index in [1.54, 1.807) is 0 Å². The first-order valence-electron chi connectivity index (χ1n) is 13.9. The van der Waals surface area contributed by atoms with Gasteiger partial charge in [-0.3, -0.25) is 4.79 Å². The van der Waals surface area contributed by atoms with Crippen LogP contribution in [0.5, 0.6) is 0 Å². The summed E-state index contributed by atoms with van der Waals surface area (Å²) in [6.45, 7) is 12.3. The van der Waals surface area contributed by atoms with Gasteiger partial charge in [0.1, 0.15) is 25.1 Å². The Bertz CT molecular complexity index is 842. The minimum Gasteiger partial charge on any atom is -0.462 e. The van der Waals surface area contributed by atoms with Crippen LogP contribution in [0.3, 0.4) is 0 Å². The highest BCUT2D eigenvalue weighted by atomic mass is 16.6. The number of hydrogen-bond acceptors (Lipinski definition) is 6. The SMILES string of the molecule is CC(C)C1=C(CCOCC2CO2)C2CCC3C(C)(C(=O)OCC4CO4)CCCC3(C)C2CC1C=O. The molecule has 0 aromatic rings. The first-order chi connectivity index (χ1) is 16.8. The van der Waals surface area contributed by atoms with E-state index in [4.69, 9.17) is 18.9 Å². The van der Waals surface area contributed by atoms with Gasteiger partial charge in [-0.2, -0.15) is 0 Å². The average molecular weight is 489 g/mol. The van der Waals surface area contributed by atoms with E-state index in [0.29, 0.717) is 44.2 Å². The van der Waals surface area contributed by atoms with E-state index >= 15 is 0 Å². The topological polar surface area (TPSA) is 77.7 Å². The van der Waals surface area contributed by atoms with Gasteiger partial charge in [-0.25, -0.2) is 0 Å². The highest BCUT2D eigenvalue weighted by Crippen LogP contribution is 2.65. The Morgan fingerprint density at radius 3 is 2.49 bits per heavy atom. The summed E-state index contributed by atoms with van der Waals surface area (Å²) in [6.07, 6.45) is 8.55. The lowest BCUT2D eigenvalue weighted by Crippen LogP contribution is -2.57. The Balaban J connectivity index is 1.39. The van der Waals surface area contributed by atoms with E-state index in [0.717, 1.165) is 51.6 Å². The highest BCUT2D eigenvalue weighted by molar-refractivity contribution is 5.77. The lowest BCUT2D eigenvalue weighted by atomic mass is 9.43. The van der Waals surface area contributed by atoms with Crippen molar-refractivity contribution in [1.82, 2.24) is 0 Å². The van der Waals surface area contributed by atoms with Crippen molar-refractivity contribution in [2.75, 3.05) is 33.0 Å². The van der Waals surface area contributed by atoms with Crippen LogP contribution in [0.25, 0.3) is 0 Å². The van der Waals surface area contributed by atoms with E-state index < -0.39 is 5.41 Å². The number of ether oxygens (including phenoxy) is 4. The zero-order chi connectivity index (χ0) is 24.8. The Kier molecular flexibility index (Phi) is 7.19. The van der Waals surface area contributed by atoms with E-state index in [-0.39, 0.29) is 35.4 Å². The van der Waals surface area contributed by atoms with Crippen LogP contribution < -0.4 is 0 Å². The van der Waals surface area contributed by atoms with Crippen LogP contribution in [0.2, 0.25) is 0 Å². The van der Waals surface area contributed by atoms with Crippen molar-refractivity contribution in [1.29, 1.82) is 0 Å². The van der Waals surface area contributed by atoms with Crippen molar-refractivity contribution in [3.05, 3.63) is 11.1 Å². The van der Waals surface area contributed by atoms with Crippen molar-refractivity contribution in [2.24, 2.45) is 40.4 Å². The van der Waals surface area contributed by atoms with Gasteiger partial charge >= 0.3 is 5.97 Å². The lowest BCUT2D eigenvalue weighted by molar-refractivity contribution is -0.177. The minimum atomic E-state index is -0.459. The standard InChI is InChI=1S/C29H44O6/c1-18(2)26-19(13-30)12-24-22(23(26)8-11-32-14-20-15-33-20)6-7-25-28(24,3)9-5-10-29(25,4)27(31)35-17-21-16-34-21/h13,18-22,24-25H,5-12,14-17H2,1-4H3. The van der Waals surface area contributed by atoms with E-state index in [1.165, 1.54) is 17.4 Å². The number of carbonyl (C=O) groups excluding carboxylic acids is 2. The molecular formula is C29H44O6. The smallest absolute Gasteiger partial charge is 0.312 e. The minimum absolute atomic E-state index is 0.0271. The molecule has 4 fully saturated rings. The van der Waals surface area contributed by atoms with Crippen molar-refractivity contribution >= 4 is 12.3 Å². The third-order valence-corrected chi connectivity index (χ3v) is 10.1. The number of allylic oxidation sites excluding steroid dienone is 1. The summed E-state index contributed by atoms with van der Waals surface area (Å²) < 4.78 is 22.3. The molecule has 0 N–H and O–H groups in total. The predicted octanol–water partition coefficient (Wildman–Crippen LogP) is 4.74. The number of epoxide rings is 2. The van der Waals surface area contributed by atoms with Crippen molar-refractivity contribution in [3.8, 4) is 0 Å².